The maximum atomic E-state index is 12.6. The van der Waals surface area contributed by atoms with Gasteiger partial charge in [0.05, 0.1) is 23.8 Å². The molecule has 2 aromatic carbocycles. The van der Waals surface area contributed by atoms with Crippen molar-refractivity contribution in [1.82, 2.24) is 0 Å². The van der Waals surface area contributed by atoms with E-state index in [4.69, 9.17) is 9.47 Å². The Balaban J connectivity index is 1.81. The summed E-state index contributed by atoms with van der Waals surface area (Å²) in [6.07, 6.45) is -4.53. The minimum absolute atomic E-state index is 0.00988. The third kappa shape index (κ3) is 5.38. The van der Waals surface area contributed by atoms with E-state index in [0.717, 1.165) is 6.07 Å². The molecule has 0 aromatic heterocycles. The monoisotopic (exact) mass is 425 g/mol. The number of para-hydroxylation sites is 2. The van der Waals surface area contributed by atoms with Crippen molar-refractivity contribution in [2.75, 3.05) is 43.1 Å². The van der Waals surface area contributed by atoms with E-state index in [1.807, 2.05) is 0 Å². The molecule has 1 N–H and O–H groups in total. The molecule has 1 fully saturated rings. The van der Waals surface area contributed by atoms with Crippen LogP contribution in [0.5, 0.6) is 5.75 Å². The summed E-state index contributed by atoms with van der Waals surface area (Å²) < 4.78 is 47.2. The first-order valence-corrected chi connectivity index (χ1v) is 8.95. The lowest BCUT2D eigenvalue weighted by Gasteiger charge is -2.28. The largest absolute Gasteiger partial charge is 0.482 e. The number of benzene rings is 2. The van der Waals surface area contributed by atoms with Gasteiger partial charge in [-0.15, -0.1) is 0 Å². The van der Waals surface area contributed by atoms with Crippen molar-refractivity contribution < 1.29 is 32.4 Å². The van der Waals surface area contributed by atoms with Crippen molar-refractivity contribution in [2.45, 2.75) is 6.18 Å². The molecule has 2 aromatic rings. The fourth-order valence-electron chi connectivity index (χ4n) is 2.93. The summed E-state index contributed by atoms with van der Waals surface area (Å²) in [6.45, 7) is 0.328. The van der Waals surface area contributed by atoms with Gasteiger partial charge in [-0.3, -0.25) is 14.9 Å². The van der Waals surface area contributed by atoms with Crippen molar-refractivity contribution in [3.05, 3.63) is 58.1 Å². The van der Waals surface area contributed by atoms with Gasteiger partial charge in [-0.1, -0.05) is 12.1 Å². The topological polar surface area (TPSA) is 93.9 Å². The van der Waals surface area contributed by atoms with Gasteiger partial charge in [-0.2, -0.15) is 13.2 Å². The molecule has 0 spiro atoms. The lowest BCUT2D eigenvalue weighted by atomic mass is 10.1. The van der Waals surface area contributed by atoms with E-state index in [2.05, 4.69) is 5.32 Å². The van der Waals surface area contributed by atoms with Crippen LogP contribution in [0.3, 0.4) is 0 Å². The second-order valence-corrected chi connectivity index (χ2v) is 6.41. The smallest absolute Gasteiger partial charge is 0.422 e. The zero-order valence-corrected chi connectivity index (χ0v) is 15.6. The SMILES string of the molecule is O=C(Nc1ccccc1OCC(F)(F)F)c1ccc(N2CCOCC2)c([N+](=O)[O-])c1. The fraction of sp³-hybridized carbons (Fsp3) is 0.316. The molecule has 1 aliphatic heterocycles. The van der Waals surface area contributed by atoms with E-state index in [1.165, 1.54) is 36.4 Å². The number of nitrogens with zero attached hydrogens (tertiary/aromatic N) is 2. The summed E-state index contributed by atoms with van der Waals surface area (Å²) in [5, 5.41) is 14.0. The number of ether oxygens (including phenoxy) is 2. The second kappa shape index (κ2) is 8.99. The minimum Gasteiger partial charge on any atom is -0.482 e. The molecule has 3 rings (SSSR count). The number of nitro groups is 1. The van der Waals surface area contributed by atoms with Crippen LogP contribution in [-0.4, -0.2) is 49.9 Å². The van der Waals surface area contributed by atoms with Crippen molar-refractivity contribution in [1.29, 1.82) is 0 Å². The number of halogens is 3. The molecule has 30 heavy (non-hydrogen) atoms. The van der Waals surface area contributed by atoms with E-state index < -0.39 is 23.6 Å². The van der Waals surface area contributed by atoms with Gasteiger partial charge < -0.3 is 19.7 Å². The average Bonchev–Trinajstić information content (AvgIpc) is 2.72. The zero-order valence-electron chi connectivity index (χ0n) is 15.6. The number of nitrogens with one attached hydrogen (secondary N) is 1. The Labute approximate surface area is 169 Å². The molecule has 160 valence electrons. The van der Waals surface area contributed by atoms with E-state index >= 15 is 0 Å². The molecule has 11 heteroatoms. The highest BCUT2D eigenvalue weighted by molar-refractivity contribution is 6.05. The van der Waals surface area contributed by atoms with Crippen LogP contribution >= 0.6 is 0 Å². The van der Waals surface area contributed by atoms with Gasteiger partial charge in [0.1, 0.15) is 11.4 Å². The molecule has 0 atom stereocenters. The molecule has 8 nitrogen and oxygen atoms in total. The first kappa shape index (κ1) is 21.4. The van der Waals surface area contributed by atoms with Crippen LogP contribution in [0.2, 0.25) is 0 Å². The van der Waals surface area contributed by atoms with E-state index in [-0.39, 0.29) is 22.7 Å². The van der Waals surface area contributed by atoms with Gasteiger partial charge >= 0.3 is 6.18 Å². The summed E-state index contributed by atoms with van der Waals surface area (Å²) in [5.74, 6) is -0.878. The molecule has 0 radical (unpaired) electrons. The summed E-state index contributed by atoms with van der Waals surface area (Å²) in [5.41, 5.74) is 0.135. The van der Waals surface area contributed by atoms with Crippen molar-refractivity contribution in [3.63, 3.8) is 0 Å². The molecular formula is C19H18F3N3O5. The third-order valence-corrected chi connectivity index (χ3v) is 4.31. The van der Waals surface area contributed by atoms with Crippen LogP contribution in [0, 0.1) is 10.1 Å². The summed E-state index contributed by atoms with van der Waals surface area (Å²) in [4.78, 5) is 25.3. The molecule has 0 unspecified atom stereocenters. The van der Waals surface area contributed by atoms with Gasteiger partial charge in [-0.05, 0) is 24.3 Å². The van der Waals surface area contributed by atoms with Crippen molar-refractivity contribution in [3.8, 4) is 5.75 Å². The number of hydrogen-bond acceptors (Lipinski definition) is 6. The average molecular weight is 425 g/mol. The molecule has 0 bridgehead atoms. The van der Waals surface area contributed by atoms with Crippen LogP contribution in [0.25, 0.3) is 0 Å². The van der Waals surface area contributed by atoms with E-state index in [1.54, 1.807) is 4.90 Å². The number of nitro benzene ring substituents is 1. The molecular weight excluding hydrogens is 407 g/mol. The number of rotatable bonds is 6. The first-order chi connectivity index (χ1) is 14.2. The Bertz CT molecular complexity index is 930. The van der Waals surface area contributed by atoms with Gasteiger partial charge in [-0.25, -0.2) is 0 Å². The van der Waals surface area contributed by atoms with Crippen LogP contribution in [0.1, 0.15) is 10.4 Å². The van der Waals surface area contributed by atoms with Crippen LogP contribution in [0.4, 0.5) is 30.2 Å². The maximum Gasteiger partial charge on any atom is 0.422 e. The fourth-order valence-corrected chi connectivity index (χ4v) is 2.93. The highest BCUT2D eigenvalue weighted by atomic mass is 19.4. The van der Waals surface area contributed by atoms with E-state index in [9.17, 15) is 28.1 Å². The quantitative estimate of drug-likeness (QED) is 0.561. The van der Waals surface area contributed by atoms with Gasteiger partial charge in [0, 0.05) is 24.7 Å². The number of carbonyl (C=O) groups is 1. The Hall–Kier alpha value is -3.34. The van der Waals surface area contributed by atoms with Gasteiger partial charge in [0.2, 0.25) is 0 Å². The van der Waals surface area contributed by atoms with Crippen molar-refractivity contribution in [2.24, 2.45) is 0 Å². The number of amides is 1. The Kier molecular flexibility index (Phi) is 6.40. The standard InChI is InChI=1S/C19H18F3N3O5/c20-19(21,22)12-30-17-4-2-1-3-14(17)23-18(26)13-5-6-15(16(11-13)25(27)28)24-7-9-29-10-8-24/h1-6,11H,7-10,12H2,(H,23,26). The first-order valence-electron chi connectivity index (χ1n) is 8.95. The highest BCUT2D eigenvalue weighted by Gasteiger charge is 2.29. The van der Waals surface area contributed by atoms with Gasteiger partial charge in [0.25, 0.3) is 11.6 Å². The summed E-state index contributed by atoms with van der Waals surface area (Å²) in [6, 6.07) is 9.67. The molecule has 1 amide bonds. The molecule has 1 saturated heterocycles. The number of hydrogen-bond donors (Lipinski definition) is 1. The predicted molar refractivity (Wildman–Crippen MR) is 102 cm³/mol. The number of morpholine rings is 1. The number of alkyl halides is 3. The number of carbonyl (C=O) groups excluding carboxylic acids is 1. The van der Waals surface area contributed by atoms with Crippen LogP contribution < -0.4 is 15.0 Å². The second-order valence-electron chi connectivity index (χ2n) is 6.41. The van der Waals surface area contributed by atoms with Gasteiger partial charge in [0.15, 0.2) is 6.61 Å². The molecule has 0 saturated carbocycles. The van der Waals surface area contributed by atoms with Crippen LogP contribution in [0.15, 0.2) is 42.5 Å². The zero-order chi connectivity index (χ0) is 21.7. The lowest BCUT2D eigenvalue weighted by molar-refractivity contribution is -0.384. The summed E-state index contributed by atoms with van der Waals surface area (Å²) in [7, 11) is 0. The summed E-state index contributed by atoms with van der Waals surface area (Å²) >= 11 is 0. The third-order valence-electron chi connectivity index (χ3n) is 4.31. The van der Waals surface area contributed by atoms with Crippen molar-refractivity contribution >= 4 is 23.0 Å². The predicted octanol–water partition coefficient (Wildman–Crippen LogP) is 3.62. The minimum atomic E-state index is -4.53. The molecule has 0 aliphatic carbocycles. The van der Waals surface area contributed by atoms with E-state index in [0.29, 0.717) is 32.0 Å². The molecule has 1 aliphatic rings. The normalized spacial score (nSPS) is 14.3. The number of anilines is 2. The Morgan fingerprint density at radius 3 is 2.57 bits per heavy atom. The molecule has 1 heterocycles. The highest BCUT2D eigenvalue weighted by Crippen LogP contribution is 2.31. The van der Waals surface area contributed by atoms with Crippen LogP contribution in [-0.2, 0) is 4.74 Å². The maximum absolute atomic E-state index is 12.6. The Morgan fingerprint density at radius 2 is 1.90 bits per heavy atom. The lowest BCUT2D eigenvalue weighted by Crippen LogP contribution is -2.36. The Morgan fingerprint density at radius 1 is 1.20 bits per heavy atom.